The van der Waals surface area contributed by atoms with Crippen LogP contribution in [0, 0.1) is 6.92 Å². The molecule has 0 atom stereocenters. The Labute approximate surface area is 108 Å². The van der Waals surface area contributed by atoms with Crippen LogP contribution in [0.5, 0.6) is 0 Å². The van der Waals surface area contributed by atoms with Gasteiger partial charge in [0.15, 0.2) is 5.82 Å². The first-order valence-corrected chi connectivity index (χ1v) is 6.82. The predicted molar refractivity (Wildman–Crippen MR) is 67.0 cm³/mol. The number of carbonyl (C=O) groups excluding carboxylic acids is 1. The molecule has 1 aliphatic rings. The van der Waals surface area contributed by atoms with E-state index in [0.717, 1.165) is 32.4 Å². The highest BCUT2D eigenvalue weighted by Crippen LogP contribution is 2.12. The second kappa shape index (κ2) is 6.52. The summed E-state index contributed by atoms with van der Waals surface area (Å²) in [6, 6.07) is 0. The molecule has 0 aliphatic carbocycles. The summed E-state index contributed by atoms with van der Waals surface area (Å²) in [4.78, 5) is 18.1. The van der Waals surface area contributed by atoms with Crippen LogP contribution in [0.1, 0.15) is 50.2 Å². The lowest BCUT2D eigenvalue weighted by molar-refractivity contribution is -0.131. The largest absolute Gasteiger partial charge is 0.343 e. The Kier molecular flexibility index (Phi) is 4.73. The van der Waals surface area contributed by atoms with Gasteiger partial charge in [-0.25, -0.2) is 0 Å². The van der Waals surface area contributed by atoms with Crippen molar-refractivity contribution >= 4 is 5.91 Å². The van der Waals surface area contributed by atoms with E-state index in [1.807, 2.05) is 4.90 Å². The lowest BCUT2D eigenvalue weighted by atomic mass is 10.2. The minimum absolute atomic E-state index is 0.271. The van der Waals surface area contributed by atoms with Gasteiger partial charge in [0.2, 0.25) is 11.8 Å². The minimum atomic E-state index is 0.271. The Morgan fingerprint density at radius 3 is 2.61 bits per heavy atom. The molecule has 18 heavy (non-hydrogen) atoms. The minimum Gasteiger partial charge on any atom is -0.343 e. The third-order valence-electron chi connectivity index (χ3n) is 3.31. The van der Waals surface area contributed by atoms with Crippen LogP contribution in [0.25, 0.3) is 0 Å². The van der Waals surface area contributed by atoms with E-state index >= 15 is 0 Å². The molecule has 1 aromatic heterocycles. The zero-order valence-electron chi connectivity index (χ0n) is 11.0. The van der Waals surface area contributed by atoms with Crippen LogP contribution in [0.3, 0.4) is 0 Å². The maximum Gasteiger partial charge on any atom is 0.226 e. The fourth-order valence-electron chi connectivity index (χ4n) is 2.31. The molecule has 0 saturated carbocycles. The van der Waals surface area contributed by atoms with Gasteiger partial charge in [0, 0.05) is 25.9 Å². The molecule has 1 amide bonds. The summed E-state index contributed by atoms with van der Waals surface area (Å²) >= 11 is 0. The molecule has 100 valence electrons. The van der Waals surface area contributed by atoms with Crippen molar-refractivity contribution in [1.82, 2.24) is 15.0 Å². The van der Waals surface area contributed by atoms with Crippen LogP contribution in [-0.4, -0.2) is 34.0 Å². The summed E-state index contributed by atoms with van der Waals surface area (Å²) < 4.78 is 5.03. The summed E-state index contributed by atoms with van der Waals surface area (Å²) in [7, 11) is 0. The zero-order chi connectivity index (χ0) is 12.8. The molecule has 0 N–H and O–H groups in total. The van der Waals surface area contributed by atoms with Crippen molar-refractivity contribution in [1.29, 1.82) is 0 Å². The third kappa shape index (κ3) is 3.82. The van der Waals surface area contributed by atoms with Crippen molar-refractivity contribution in [3.63, 3.8) is 0 Å². The Balaban J connectivity index is 1.70. The number of aromatic nitrogens is 2. The average molecular weight is 251 g/mol. The predicted octanol–water partition coefficient (Wildman–Crippen LogP) is 2.10. The van der Waals surface area contributed by atoms with Gasteiger partial charge in [0.25, 0.3) is 0 Å². The number of carbonyl (C=O) groups is 1. The number of nitrogens with zero attached hydrogens (tertiary/aromatic N) is 3. The fourth-order valence-corrected chi connectivity index (χ4v) is 2.31. The van der Waals surface area contributed by atoms with Crippen LogP contribution in [0.2, 0.25) is 0 Å². The van der Waals surface area contributed by atoms with Gasteiger partial charge in [0.1, 0.15) is 0 Å². The molecular formula is C13H21N3O2. The zero-order valence-corrected chi connectivity index (χ0v) is 11.0. The standard InChI is InChI=1S/C13H21N3O2/c1-11-14-12(18-15-11)7-6-8-13(17)16-9-4-2-3-5-10-16/h2-10H2,1H3. The first kappa shape index (κ1) is 13.1. The maximum absolute atomic E-state index is 12.0. The first-order valence-electron chi connectivity index (χ1n) is 6.82. The molecule has 2 heterocycles. The third-order valence-corrected chi connectivity index (χ3v) is 3.31. The van der Waals surface area contributed by atoms with Crippen LogP contribution in [-0.2, 0) is 11.2 Å². The Hall–Kier alpha value is -1.39. The molecule has 5 nitrogen and oxygen atoms in total. The van der Waals surface area contributed by atoms with Crippen LogP contribution >= 0.6 is 0 Å². The van der Waals surface area contributed by atoms with E-state index in [4.69, 9.17) is 4.52 Å². The number of likely N-dealkylation sites (tertiary alicyclic amines) is 1. The van der Waals surface area contributed by atoms with E-state index in [1.54, 1.807) is 6.92 Å². The molecular weight excluding hydrogens is 230 g/mol. The second-order valence-electron chi connectivity index (χ2n) is 4.88. The van der Waals surface area contributed by atoms with Gasteiger partial charge in [-0.2, -0.15) is 4.98 Å². The van der Waals surface area contributed by atoms with Crippen molar-refractivity contribution < 1.29 is 9.32 Å². The van der Waals surface area contributed by atoms with Gasteiger partial charge in [-0.15, -0.1) is 0 Å². The molecule has 0 radical (unpaired) electrons. The first-order chi connectivity index (χ1) is 8.75. The van der Waals surface area contributed by atoms with Gasteiger partial charge >= 0.3 is 0 Å². The van der Waals surface area contributed by atoms with Crippen molar-refractivity contribution in [2.24, 2.45) is 0 Å². The van der Waals surface area contributed by atoms with Crippen molar-refractivity contribution in [3.05, 3.63) is 11.7 Å². The lowest BCUT2D eigenvalue weighted by Gasteiger charge is -2.19. The highest BCUT2D eigenvalue weighted by Gasteiger charge is 2.15. The number of amides is 1. The normalized spacial score (nSPS) is 16.6. The van der Waals surface area contributed by atoms with E-state index in [9.17, 15) is 4.79 Å². The molecule has 1 saturated heterocycles. The quantitative estimate of drug-likeness (QED) is 0.822. The van der Waals surface area contributed by atoms with Crippen molar-refractivity contribution in [3.8, 4) is 0 Å². The number of aryl methyl sites for hydroxylation is 2. The molecule has 0 bridgehead atoms. The number of hydrogen-bond acceptors (Lipinski definition) is 4. The summed E-state index contributed by atoms with van der Waals surface area (Å²) in [5.74, 6) is 1.56. The lowest BCUT2D eigenvalue weighted by Crippen LogP contribution is -2.31. The topological polar surface area (TPSA) is 59.2 Å². The molecule has 0 aromatic carbocycles. The van der Waals surface area contributed by atoms with Gasteiger partial charge < -0.3 is 9.42 Å². The maximum atomic E-state index is 12.0. The molecule has 0 unspecified atom stereocenters. The van der Waals surface area contributed by atoms with Gasteiger partial charge in [-0.05, 0) is 26.2 Å². The van der Waals surface area contributed by atoms with Gasteiger partial charge in [0.05, 0.1) is 0 Å². The van der Waals surface area contributed by atoms with Gasteiger partial charge in [-0.1, -0.05) is 18.0 Å². The number of rotatable bonds is 4. The fraction of sp³-hybridized carbons (Fsp3) is 0.769. The molecule has 1 fully saturated rings. The Morgan fingerprint density at radius 1 is 1.28 bits per heavy atom. The van der Waals surface area contributed by atoms with E-state index < -0.39 is 0 Å². The van der Waals surface area contributed by atoms with Crippen molar-refractivity contribution in [2.45, 2.75) is 51.9 Å². The van der Waals surface area contributed by atoms with Gasteiger partial charge in [-0.3, -0.25) is 4.79 Å². The van der Waals surface area contributed by atoms with E-state index in [1.165, 1.54) is 12.8 Å². The molecule has 0 spiro atoms. The number of hydrogen-bond donors (Lipinski definition) is 0. The molecule has 1 aliphatic heterocycles. The Bertz CT molecular complexity index is 381. The molecule has 5 heteroatoms. The summed E-state index contributed by atoms with van der Waals surface area (Å²) in [5.41, 5.74) is 0. The van der Waals surface area contributed by atoms with Crippen molar-refractivity contribution in [2.75, 3.05) is 13.1 Å². The highest BCUT2D eigenvalue weighted by molar-refractivity contribution is 5.76. The van der Waals surface area contributed by atoms with Crippen LogP contribution in [0.15, 0.2) is 4.52 Å². The Morgan fingerprint density at radius 2 is 2.00 bits per heavy atom. The van der Waals surface area contributed by atoms with E-state index in [2.05, 4.69) is 10.1 Å². The monoisotopic (exact) mass is 251 g/mol. The average Bonchev–Trinajstić information content (AvgIpc) is 2.63. The summed E-state index contributed by atoms with van der Waals surface area (Å²) in [6.45, 7) is 3.66. The summed E-state index contributed by atoms with van der Waals surface area (Å²) in [5, 5.41) is 3.74. The van der Waals surface area contributed by atoms with Crippen LogP contribution in [0.4, 0.5) is 0 Å². The second-order valence-corrected chi connectivity index (χ2v) is 4.88. The highest BCUT2D eigenvalue weighted by atomic mass is 16.5. The van der Waals surface area contributed by atoms with E-state index in [0.29, 0.717) is 24.6 Å². The SMILES string of the molecule is Cc1noc(CCCC(=O)N2CCCCCC2)n1. The summed E-state index contributed by atoms with van der Waals surface area (Å²) in [6.07, 6.45) is 6.87. The molecule has 2 rings (SSSR count). The molecule has 1 aromatic rings. The van der Waals surface area contributed by atoms with Crippen LogP contribution < -0.4 is 0 Å². The van der Waals surface area contributed by atoms with E-state index in [-0.39, 0.29) is 5.91 Å². The smallest absolute Gasteiger partial charge is 0.226 e.